The first-order valence-electron chi connectivity index (χ1n) is 3.55. The summed E-state index contributed by atoms with van der Waals surface area (Å²) in [7, 11) is 3.21. The minimum Gasteiger partial charge on any atom is -0.356 e. The Labute approximate surface area is 73.3 Å². The molecule has 4 heteroatoms. The van der Waals surface area contributed by atoms with Gasteiger partial charge in [0.15, 0.2) is 6.29 Å². The van der Waals surface area contributed by atoms with Gasteiger partial charge >= 0.3 is 0 Å². The number of methoxy groups -OCH3 is 2. The summed E-state index contributed by atoms with van der Waals surface area (Å²) in [5, 5.41) is 0. The number of hydrogen-bond acceptors (Lipinski definition) is 3. The van der Waals surface area contributed by atoms with E-state index in [9.17, 15) is 4.79 Å². The van der Waals surface area contributed by atoms with Crippen LogP contribution in [-0.2, 0) is 14.3 Å². The van der Waals surface area contributed by atoms with E-state index in [-0.39, 0.29) is 6.29 Å². The Balaban J connectivity index is 0. The van der Waals surface area contributed by atoms with Gasteiger partial charge in [-0.25, -0.2) is 6.57 Å². The van der Waals surface area contributed by atoms with Crippen molar-refractivity contribution in [3.05, 3.63) is 11.4 Å². The highest BCUT2D eigenvalue weighted by molar-refractivity contribution is 5.49. The maximum absolute atomic E-state index is 9.42. The molecule has 0 unspecified atom stereocenters. The number of aldehydes is 1. The van der Waals surface area contributed by atoms with Crippen molar-refractivity contribution < 1.29 is 14.3 Å². The van der Waals surface area contributed by atoms with Crippen LogP contribution in [0.3, 0.4) is 0 Å². The Kier molecular flexibility index (Phi) is 14.5. The number of nitrogens with zero attached hydrogens (tertiary/aromatic N) is 1. The normalized spacial score (nSPS) is 8.25. The van der Waals surface area contributed by atoms with Gasteiger partial charge in [0, 0.05) is 14.2 Å². The van der Waals surface area contributed by atoms with Gasteiger partial charge in [-0.1, -0.05) is 0 Å². The van der Waals surface area contributed by atoms with E-state index in [1.807, 2.05) is 6.92 Å². The van der Waals surface area contributed by atoms with Crippen LogP contribution in [0.5, 0.6) is 0 Å². The van der Waals surface area contributed by atoms with Crippen LogP contribution < -0.4 is 0 Å². The zero-order chi connectivity index (χ0) is 9.82. The summed E-state index contributed by atoms with van der Waals surface area (Å²) >= 11 is 0. The Hall–Kier alpha value is -0.920. The van der Waals surface area contributed by atoms with E-state index in [0.717, 1.165) is 6.29 Å². The molecule has 0 radical (unpaired) electrons. The quantitative estimate of drug-likeness (QED) is 0.277. The van der Waals surface area contributed by atoms with Crippen LogP contribution in [0.4, 0.5) is 0 Å². The molecule has 0 aromatic carbocycles. The second-order valence-electron chi connectivity index (χ2n) is 1.88. The molecule has 0 spiro atoms. The Bertz CT molecular complexity index is 127. The monoisotopic (exact) mass is 173 g/mol. The Morgan fingerprint density at radius 2 is 2.00 bits per heavy atom. The largest absolute Gasteiger partial charge is 0.356 e. The van der Waals surface area contributed by atoms with Crippen LogP contribution in [-0.4, -0.2) is 33.3 Å². The molecule has 4 nitrogen and oxygen atoms in total. The minimum atomic E-state index is -0.0648. The molecule has 0 fully saturated rings. The van der Waals surface area contributed by atoms with E-state index < -0.39 is 0 Å². The molecule has 0 rings (SSSR count). The van der Waals surface area contributed by atoms with Crippen LogP contribution >= 0.6 is 0 Å². The highest BCUT2D eigenvalue weighted by Gasteiger charge is 1.87. The average molecular weight is 173 g/mol. The first-order valence-corrected chi connectivity index (χ1v) is 3.55. The molecule has 12 heavy (non-hydrogen) atoms. The van der Waals surface area contributed by atoms with Crippen molar-refractivity contribution in [2.45, 2.75) is 19.6 Å². The van der Waals surface area contributed by atoms with Gasteiger partial charge in [-0.05, 0) is 6.92 Å². The molecule has 0 aliphatic rings. The number of ether oxygens (including phenoxy) is 2. The van der Waals surface area contributed by atoms with E-state index in [2.05, 4.69) is 14.3 Å². The summed E-state index contributed by atoms with van der Waals surface area (Å²) in [6.45, 7) is 8.34. The Morgan fingerprint density at radius 3 is 2.08 bits per heavy atom. The number of rotatable bonds is 4. The molecule has 0 aromatic rings. The molecule has 0 aliphatic heterocycles. The lowest BCUT2D eigenvalue weighted by molar-refractivity contribution is -0.107. The number of hydrogen-bond donors (Lipinski definition) is 0. The fourth-order valence-corrected chi connectivity index (χ4v) is 0.213. The van der Waals surface area contributed by atoms with Crippen LogP contribution in [0.1, 0.15) is 13.3 Å². The zero-order valence-corrected chi connectivity index (χ0v) is 7.74. The lowest BCUT2D eigenvalue weighted by Gasteiger charge is -2.03. The van der Waals surface area contributed by atoms with Gasteiger partial charge in [0.2, 0.25) is 6.54 Å². The summed E-state index contributed by atoms with van der Waals surface area (Å²) in [5.41, 5.74) is 0. The van der Waals surface area contributed by atoms with Crippen molar-refractivity contribution in [1.82, 2.24) is 0 Å². The maximum Gasteiger partial charge on any atom is 0.221 e. The van der Waals surface area contributed by atoms with Gasteiger partial charge in [0.05, 0.1) is 6.42 Å². The van der Waals surface area contributed by atoms with Crippen molar-refractivity contribution in [3.8, 4) is 0 Å². The molecule has 0 bridgehead atoms. The number of carbonyl (C=O) groups excluding carboxylic acids is 1. The first kappa shape index (κ1) is 13.7. The Morgan fingerprint density at radius 1 is 1.50 bits per heavy atom. The summed E-state index contributed by atoms with van der Waals surface area (Å²) < 4.78 is 9.35. The average Bonchev–Trinajstić information content (AvgIpc) is 2.14. The molecule has 0 heterocycles. The van der Waals surface area contributed by atoms with E-state index in [4.69, 9.17) is 6.57 Å². The highest BCUT2D eigenvalue weighted by atomic mass is 16.7. The molecular weight excluding hydrogens is 158 g/mol. The molecular formula is C8H15NO3. The van der Waals surface area contributed by atoms with Crippen LogP contribution in [0.25, 0.3) is 4.85 Å². The summed E-state index contributed by atoms with van der Waals surface area (Å²) in [4.78, 5) is 12.4. The van der Waals surface area contributed by atoms with Crippen molar-refractivity contribution in [1.29, 1.82) is 0 Å². The SMILES string of the molecule is COC(C)OC.[C-]#[N+]CCC=O. The fourth-order valence-electron chi connectivity index (χ4n) is 0.213. The summed E-state index contributed by atoms with van der Waals surface area (Å²) in [6.07, 6.45) is 1.06. The van der Waals surface area contributed by atoms with Crippen molar-refractivity contribution in [2.75, 3.05) is 20.8 Å². The fraction of sp³-hybridized carbons (Fsp3) is 0.750. The van der Waals surface area contributed by atoms with Crippen LogP contribution in [0, 0.1) is 6.57 Å². The topological polar surface area (TPSA) is 39.9 Å². The van der Waals surface area contributed by atoms with E-state index in [1.54, 1.807) is 14.2 Å². The molecule has 0 aliphatic carbocycles. The smallest absolute Gasteiger partial charge is 0.221 e. The molecule has 70 valence electrons. The van der Waals surface area contributed by atoms with Gasteiger partial charge in [0.25, 0.3) is 0 Å². The molecule has 0 saturated carbocycles. The first-order chi connectivity index (χ1) is 5.72. The van der Waals surface area contributed by atoms with Crippen molar-refractivity contribution >= 4 is 6.29 Å². The van der Waals surface area contributed by atoms with Gasteiger partial charge in [0.1, 0.15) is 6.29 Å². The highest BCUT2D eigenvalue weighted by Crippen LogP contribution is 1.82. The van der Waals surface area contributed by atoms with Crippen LogP contribution in [0.15, 0.2) is 0 Å². The van der Waals surface area contributed by atoms with E-state index >= 15 is 0 Å². The van der Waals surface area contributed by atoms with E-state index in [1.165, 1.54) is 0 Å². The third-order valence-corrected chi connectivity index (χ3v) is 1.02. The molecule has 0 aromatic heterocycles. The van der Waals surface area contributed by atoms with Gasteiger partial charge in [-0.15, -0.1) is 0 Å². The molecule has 0 atom stereocenters. The zero-order valence-electron chi connectivity index (χ0n) is 7.74. The van der Waals surface area contributed by atoms with Gasteiger partial charge < -0.3 is 19.1 Å². The van der Waals surface area contributed by atoms with Crippen molar-refractivity contribution in [2.24, 2.45) is 0 Å². The van der Waals surface area contributed by atoms with Crippen molar-refractivity contribution in [3.63, 3.8) is 0 Å². The number of carbonyl (C=O) groups is 1. The third kappa shape index (κ3) is 16.0. The van der Waals surface area contributed by atoms with Gasteiger partial charge in [-0.3, -0.25) is 0 Å². The second-order valence-corrected chi connectivity index (χ2v) is 1.88. The minimum absolute atomic E-state index is 0.0648. The standard InChI is InChI=1S/C4H5NO.C4H10O2/c1-5-3-2-4-6;1-4(5-2)6-3/h4H,2-3H2;4H,1-3H3. The maximum atomic E-state index is 9.42. The predicted octanol–water partition coefficient (Wildman–Crippen LogP) is 1.12. The molecule has 0 amide bonds. The lowest BCUT2D eigenvalue weighted by Crippen LogP contribution is -2.05. The third-order valence-electron chi connectivity index (χ3n) is 1.02. The predicted molar refractivity (Wildman–Crippen MR) is 45.6 cm³/mol. The lowest BCUT2D eigenvalue weighted by atomic mass is 10.5. The summed E-state index contributed by atoms with van der Waals surface area (Å²) in [6, 6.07) is 0. The second kappa shape index (κ2) is 12.7. The van der Waals surface area contributed by atoms with Gasteiger partial charge in [-0.2, -0.15) is 0 Å². The molecule has 0 saturated heterocycles. The molecule has 0 N–H and O–H groups in total. The van der Waals surface area contributed by atoms with E-state index in [0.29, 0.717) is 13.0 Å². The summed E-state index contributed by atoms with van der Waals surface area (Å²) in [5.74, 6) is 0. The van der Waals surface area contributed by atoms with Crippen LogP contribution in [0.2, 0.25) is 0 Å².